The maximum absolute atomic E-state index is 13.0. The maximum atomic E-state index is 13.0. The van der Waals surface area contributed by atoms with Crippen LogP contribution in [0, 0.1) is 6.92 Å². The number of anilines is 1. The first-order chi connectivity index (χ1) is 13.8. The van der Waals surface area contributed by atoms with Gasteiger partial charge in [0.25, 0.3) is 5.91 Å². The number of ketones is 1. The van der Waals surface area contributed by atoms with Gasteiger partial charge < -0.3 is 21.1 Å². The topological polar surface area (TPSA) is 95.7 Å². The fourth-order valence-corrected chi connectivity index (χ4v) is 3.69. The van der Waals surface area contributed by atoms with Crippen LogP contribution >= 0.6 is 12.2 Å². The van der Waals surface area contributed by atoms with E-state index < -0.39 is 12.1 Å². The van der Waals surface area contributed by atoms with Crippen molar-refractivity contribution in [3.63, 3.8) is 0 Å². The van der Waals surface area contributed by atoms with E-state index in [-0.39, 0.29) is 29.8 Å². The molecule has 0 unspecified atom stereocenters. The minimum Gasteiger partial charge on any atom is -0.391 e. The van der Waals surface area contributed by atoms with Crippen molar-refractivity contribution in [3.05, 3.63) is 65.2 Å². The van der Waals surface area contributed by atoms with Crippen molar-refractivity contribution >= 4 is 34.7 Å². The Morgan fingerprint density at radius 2 is 1.97 bits per heavy atom. The number of benzene rings is 2. The SMILES string of the molecule is Cc1ccc(CCC(=O)[C@@H]2C[C@@H](O)CN2C(=O)c2cccc(NC(N)=S)c2)cc1. The molecule has 3 rings (SSSR count). The zero-order chi connectivity index (χ0) is 21.0. The fraction of sp³-hybridized carbons (Fsp3) is 0.318. The van der Waals surface area contributed by atoms with Gasteiger partial charge in [0.2, 0.25) is 0 Å². The molecule has 29 heavy (non-hydrogen) atoms. The number of nitrogens with one attached hydrogen (secondary N) is 1. The fourth-order valence-electron chi connectivity index (χ4n) is 3.57. The third kappa shape index (κ3) is 5.40. The van der Waals surface area contributed by atoms with Crippen LogP contribution in [0.4, 0.5) is 5.69 Å². The standard InChI is InChI=1S/C22H25N3O3S/c1-14-5-7-15(8-6-14)9-10-20(27)19-12-18(26)13-25(19)21(28)16-3-2-4-17(11-16)24-22(23)29/h2-8,11,18-19,26H,9-10,12-13H2,1H3,(H3,23,24,29)/t18-,19+/m1/s1. The molecule has 2 aromatic carbocycles. The molecule has 2 atom stereocenters. The summed E-state index contributed by atoms with van der Waals surface area (Å²) in [5.41, 5.74) is 8.76. The molecule has 0 aliphatic carbocycles. The largest absolute Gasteiger partial charge is 0.391 e. The number of thiocarbonyl (C=S) groups is 1. The first kappa shape index (κ1) is 21.0. The van der Waals surface area contributed by atoms with Crippen LogP contribution in [0.3, 0.4) is 0 Å². The molecule has 0 radical (unpaired) electrons. The van der Waals surface area contributed by atoms with Crippen molar-refractivity contribution in [2.75, 3.05) is 11.9 Å². The number of carbonyl (C=O) groups is 2. The molecule has 7 heteroatoms. The summed E-state index contributed by atoms with van der Waals surface area (Å²) in [5.74, 6) is -0.324. The number of nitrogens with zero attached hydrogens (tertiary/aromatic N) is 1. The first-order valence-corrected chi connectivity index (χ1v) is 9.98. The highest BCUT2D eigenvalue weighted by molar-refractivity contribution is 7.80. The number of hydrogen-bond acceptors (Lipinski definition) is 4. The van der Waals surface area contributed by atoms with Gasteiger partial charge in [-0.25, -0.2) is 0 Å². The van der Waals surface area contributed by atoms with Crippen molar-refractivity contribution < 1.29 is 14.7 Å². The van der Waals surface area contributed by atoms with E-state index >= 15 is 0 Å². The van der Waals surface area contributed by atoms with Crippen molar-refractivity contribution in [1.29, 1.82) is 0 Å². The number of aliphatic hydroxyl groups excluding tert-OH is 1. The third-order valence-electron chi connectivity index (χ3n) is 5.07. The number of aliphatic hydroxyl groups is 1. The van der Waals surface area contributed by atoms with Crippen molar-refractivity contribution in [3.8, 4) is 0 Å². The van der Waals surface area contributed by atoms with E-state index in [1.807, 2.05) is 31.2 Å². The molecule has 6 nitrogen and oxygen atoms in total. The number of rotatable bonds is 6. The van der Waals surface area contributed by atoms with Gasteiger partial charge >= 0.3 is 0 Å². The average Bonchev–Trinajstić information content (AvgIpc) is 3.08. The van der Waals surface area contributed by atoms with Crippen LogP contribution in [0.15, 0.2) is 48.5 Å². The second-order valence-corrected chi connectivity index (χ2v) is 7.82. The summed E-state index contributed by atoms with van der Waals surface area (Å²) >= 11 is 4.83. The van der Waals surface area contributed by atoms with Crippen LogP contribution in [0.5, 0.6) is 0 Å². The number of aryl methyl sites for hydroxylation is 2. The minimum atomic E-state index is -0.704. The Labute approximate surface area is 175 Å². The van der Waals surface area contributed by atoms with E-state index in [0.717, 1.165) is 5.56 Å². The summed E-state index contributed by atoms with van der Waals surface area (Å²) in [5, 5.41) is 13.0. The maximum Gasteiger partial charge on any atom is 0.254 e. The molecule has 1 aliphatic rings. The number of amides is 1. The Balaban J connectivity index is 1.70. The van der Waals surface area contributed by atoms with Crippen molar-refractivity contribution in [2.24, 2.45) is 5.73 Å². The Kier molecular flexibility index (Phi) is 6.61. The molecule has 4 N–H and O–H groups in total. The van der Waals surface area contributed by atoms with Crippen LogP contribution in [-0.2, 0) is 11.2 Å². The lowest BCUT2D eigenvalue weighted by Crippen LogP contribution is -2.40. The quantitative estimate of drug-likeness (QED) is 0.632. The van der Waals surface area contributed by atoms with Crippen LogP contribution in [0.1, 0.15) is 34.3 Å². The smallest absolute Gasteiger partial charge is 0.254 e. The highest BCUT2D eigenvalue weighted by Gasteiger charge is 2.38. The molecule has 0 spiro atoms. The zero-order valence-electron chi connectivity index (χ0n) is 16.3. The molecule has 0 saturated carbocycles. The Morgan fingerprint density at radius 3 is 2.66 bits per heavy atom. The number of Topliss-reactive ketones (excluding diaryl/α,β-unsaturated/α-hetero) is 1. The zero-order valence-corrected chi connectivity index (χ0v) is 17.1. The molecule has 1 amide bonds. The van der Waals surface area contributed by atoms with Gasteiger partial charge in [-0.3, -0.25) is 9.59 Å². The van der Waals surface area contributed by atoms with Crippen LogP contribution < -0.4 is 11.1 Å². The Hall–Kier alpha value is -2.77. The monoisotopic (exact) mass is 411 g/mol. The normalized spacial score (nSPS) is 18.5. The van der Waals surface area contributed by atoms with E-state index in [0.29, 0.717) is 24.1 Å². The second-order valence-electron chi connectivity index (χ2n) is 7.38. The third-order valence-corrected chi connectivity index (χ3v) is 5.17. The summed E-state index contributed by atoms with van der Waals surface area (Å²) in [7, 11) is 0. The molecule has 0 bridgehead atoms. The molecule has 2 aromatic rings. The molecule has 0 aromatic heterocycles. The first-order valence-electron chi connectivity index (χ1n) is 9.57. The van der Waals surface area contributed by atoms with Gasteiger partial charge in [0, 0.05) is 30.6 Å². The molecule has 1 saturated heterocycles. The lowest BCUT2D eigenvalue weighted by Gasteiger charge is -2.24. The second kappa shape index (κ2) is 9.15. The van der Waals surface area contributed by atoms with E-state index in [1.165, 1.54) is 10.5 Å². The summed E-state index contributed by atoms with van der Waals surface area (Å²) < 4.78 is 0. The highest BCUT2D eigenvalue weighted by atomic mass is 32.1. The lowest BCUT2D eigenvalue weighted by atomic mass is 10.0. The predicted octanol–water partition coefficient (Wildman–Crippen LogP) is 2.43. The lowest BCUT2D eigenvalue weighted by molar-refractivity contribution is -0.122. The Bertz CT molecular complexity index is 914. The molecule has 1 heterocycles. The Morgan fingerprint density at radius 1 is 1.24 bits per heavy atom. The van der Waals surface area contributed by atoms with Gasteiger partial charge in [0.15, 0.2) is 10.9 Å². The van der Waals surface area contributed by atoms with Gasteiger partial charge in [0.1, 0.15) is 0 Å². The van der Waals surface area contributed by atoms with Crippen LogP contribution in [0.2, 0.25) is 0 Å². The average molecular weight is 412 g/mol. The van der Waals surface area contributed by atoms with Crippen LogP contribution in [-0.4, -0.2) is 45.5 Å². The molecular weight excluding hydrogens is 386 g/mol. The molecular formula is C22H25N3O3S. The van der Waals surface area contributed by atoms with Crippen LogP contribution in [0.25, 0.3) is 0 Å². The van der Waals surface area contributed by atoms with Gasteiger partial charge in [0.05, 0.1) is 12.1 Å². The summed E-state index contributed by atoms with van der Waals surface area (Å²) in [6.45, 7) is 2.16. The van der Waals surface area contributed by atoms with E-state index in [1.54, 1.807) is 24.3 Å². The molecule has 1 aliphatic heterocycles. The van der Waals surface area contributed by atoms with Gasteiger partial charge in [-0.2, -0.15) is 0 Å². The summed E-state index contributed by atoms with van der Waals surface area (Å²) in [6, 6.07) is 14.2. The number of β-amino-alcohol motifs (C(OH)–C–C–N with tert-alkyl or cyclic N) is 1. The van der Waals surface area contributed by atoms with E-state index in [2.05, 4.69) is 5.32 Å². The minimum absolute atomic E-state index is 0.0344. The highest BCUT2D eigenvalue weighted by Crippen LogP contribution is 2.24. The molecule has 1 fully saturated rings. The van der Waals surface area contributed by atoms with Crippen molar-refractivity contribution in [2.45, 2.75) is 38.3 Å². The number of likely N-dealkylation sites (tertiary alicyclic amines) is 1. The van der Waals surface area contributed by atoms with Crippen molar-refractivity contribution in [1.82, 2.24) is 4.90 Å². The van der Waals surface area contributed by atoms with Gasteiger partial charge in [-0.15, -0.1) is 0 Å². The van der Waals surface area contributed by atoms with Gasteiger partial charge in [-0.05, 0) is 49.3 Å². The number of nitrogens with two attached hydrogens (primary N) is 1. The number of carbonyl (C=O) groups excluding carboxylic acids is 2. The molecule has 152 valence electrons. The number of hydrogen-bond donors (Lipinski definition) is 3. The summed E-state index contributed by atoms with van der Waals surface area (Å²) in [4.78, 5) is 27.3. The van der Waals surface area contributed by atoms with E-state index in [4.69, 9.17) is 18.0 Å². The summed E-state index contributed by atoms with van der Waals surface area (Å²) in [6.07, 6.45) is 0.502. The predicted molar refractivity (Wildman–Crippen MR) is 117 cm³/mol. The van der Waals surface area contributed by atoms with E-state index in [9.17, 15) is 14.7 Å². The van der Waals surface area contributed by atoms with Gasteiger partial charge in [-0.1, -0.05) is 35.9 Å².